The fourth-order valence-electron chi connectivity index (χ4n) is 4.61. The quantitative estimate of drug-likeness (QED) is 0.566. The van der Waals surface area contributed by atoms with Crippen LogP contribution in [0.15, 0.2) is 45.6 Å². The first-order valence-electron chi connectivity index (χ1n) is 11.6. The van der Waals surface area contributed by atoms with Gasteiger partial charge in [0.25, 0.3) is 5.56 Å². The lowest BCUT2D eigenvalue weighted by molar-refractivity contribution is -0.113. The van der Waals surface area contributed by atoms with Gasteiger partial charge in [0.2, 0.25) is 0 Å². The predicted molar refractivity (Wildman–Crippen MR) is 134 cm³/mol. The van der Waals surface area contributed by atoms with Crippen molar-refractivity contribution in [2.45, 2.75) is 58.9 Å². The lowest BCUT2D eigenvalue weighted by atomic mass is 9.83. The second kappa shape index (κ2) is 9.68. The summed E-state index contributed by atoms with van der Waals surface area (Å²) in [4.78, 5) is 44.3. The van der Waals surface area contributed by atoms with Crippen LogP contribution in [-0.2, 0) is 16.8 Å². The van der Waals surface area contributed by atoms with Gasteiger partial charge in [0.1, 0.15) is 11.5 Å². The zero-order valence-corrected chi connectivity index (χ0v) is 20.3. The number of para-hydroxylation sites is 1. The van der Waals surface area contributed by atoms with Gasteiger partial charge in [-0.1, -0.05) is 52.3 Å². The number of nitrogens with one attached hydrogen (secondary N) is 1. The molecule has 0 unspecified atom stereocenters. The van der Waals surface area contributed by atoms with Gasteiger partial charge in [-0.3, -0.25) is 19.1 Å². The number of anilines is 3. The van der Waals surface area contributed by atoms with E-state index in [1.54, 1.807) is 11.0 Å². The minimum atomic E-state index is -0.565. The summed E-state index contributed by atoms with van der Waals surface area (Å²) in [5.74, 6) is -0.0203. The van der Waals surface area contributed by atoms with Crippen LogP contribution in [0, 0.1) is 0 Å². The van der Waals surface area contributed by atoms with Crippen molar-refractivity contribution in [3.8, 4) is 0 Å². The molecule has 0 amide bonds. The van der Waals surface area contributed by atoms with Gasteiger partial charge < -0.3 is 15.5 Å². The van der Waals surface area contributed by atoms with E-state index in [0.717, 1.165) is 24.2 Å². The monoisotopic (exact) mass is 453 g/mol. The second-order valence-electron chi connectivity index (χ2n) is 9.12. The lowest BCUT2D eigenvalue weighted by Crippen LogP contribution is -2.40. The van der Waals surface area contributed by atoms with Crippen molar-refractivity contribution in [1.82, 2.24) is 9.55 Å². The molecule has 3 rings (SSSR count). The largest absolute Gasteiger partial charge is 0.383 e. The van der Waals surface area contributed by atoms with Crippen molar-refractivity contribution in [1.29, 1.82) is 0 Å². The molecule has 1 aliphatic rings. The van der Waals surface area contributed by atoms with Crippen LogP contribution in [0.25, 0.3) is 0 Å². The molecule has 8 nitrogen and oxygen atoms in total. The number of carbonyl (C=O) groups excluding carboxylic acids is 1. The Morgan fingerprint density at radius 3 is 2.52 bits per heavy atom. The zero-order valence-electron chi connectivity index (χ0n) is 20.3. The highest BCUT2D eigenvalue weighted by Gasteiger charge is 2.38. The van der Waals surface area contributed by atoms with E-state index in [2.05, 4.69) is 24.9 Å². The van der Waals surface area contributed by atoms with Crippen LogP contribution in [0.2, 0.25) is 0 Å². The number of aromatic nitrogens is 2. The van der Waals surface area contributed by atoms with E-state index in [1.165, 1.54) is 10.1 Å². The Labute approximate surface area is 194 Å². The number of hydrogen-bond donors (Lipinski definition) is 2. The number of fused-ring (bicyclic) bond motifs is 1. The number of rotatable bonds is 9. The van der Waals surface area contributed by atoms with Crippen LogP contribution >= 0.6 is 0 Å². The lowest BCUT2D eigenvalue weighted by Gasteiger charge is -2.26. The van der Waals surface area contributed by atoms with Gasteiger partial charge in [-0.2, -0.15) is 0 Å². The van der Waals surface area contributed by atoms with Gasteiger partial charge in [-0.15, -0.1) is 0 Å². The average Bonchev–Trinajstić information content (AvgIpc) is 2.94. The molecule has 0 atom stereocenters. The number of nitrogen functional groups attached to an aromatic ring is 1. The molecule has 1 aromatic heterocycles. The highest BCUT2D eigenvalue weighted by molar-refractivity contribution is 5.96. The van der Waals surface area contributed by atoms with Crippen molar-refractivity contribution < 1.29 is 4.79 Å². The number of nitrogens with two attached hydrogens (primary N) is 1. The average molecular weight is 454 g/mol. The fourth-order valence-corrected chi connectivity index (χ4v) is 4.61. The maximum atomic E-state index is 13.2. The number of nitrogens with zero attached hydrogens (tertiary/aromatic N) is 3. The molecule has 8 heteroatoms. The molecule has 0 spiro atoms. The number of carbonyl (C=O) groups is 1. The molecular weight excluding hydrogens is 418 g/mol. The smallest absolute Gasteiger partial charge is 0.330 e. The van der Waals surface area contributed by atoms with E-state index in [1.807, 2.05) is 44.0 Å². The normalized spacial score (nSPS) is 15.7. The van der Waals surface area contributed by atoms with Crippen LogP contribution in [0.3, 0.4) is 0 Å². The molecule has 0 bridgehead atoms. The Morgan fingerprint density at radius 2 is 1.88 bits per heavy atom. The van der Waals surface area contributed by atoms with Crippen molar-refractivity contribution >= 4 is 23.0 Å². The number of allylic oxidation sites excluding steroid dienone is 1. The van der Waals surface area contributed by atoms with Crippen LogP contribution in [-0.4, -0.2) is 35.5 Å². The third-order valence-corrected chi connectivity index (χ3v) is 6.34. The van der Waals surface area contributed by atoms with E-state index in [0.29, 0.717) is 19.5 Å². The van der Waals surface area contributed by atoms with Crippen molar-refractivity contribution in [2.24, 2.45) is 0 Å². The molecule has 0 fully saturated rings. The number of likely N-dealkylation sites (N-methyl/N-ethyl adjacent to an activating group) is 1. The van der Waals surface area contributed by atoms with Crippen LogP contribution in [0.4, 0.5) is 17.2 Å². The van der Waals surface area contributed by atoms with Crippen LogP contribution in [0.1, 0.15) is 52.5 Å². The second-order valence-corrected chi connectivity index (χ2v) is 9.12. The minimum Gasteiger partial charge on any atom is -0.383 e. The van der Waals surface area contributed by atoms with E-state index >= 15 is 0 Å². The highest BCUT2D eigenvalue weighted by Crippen LogP contribution is 2.46. The maximum absolute atomic E-state index is 13.2. The summed E-state index contributed by atoms with van der Waals surface area (Å²) < 4.78 is 1.39. The summed E-state index contributed by atoms with van der Waals surface area (Å²) >= 11 is 0. The molecule has 1 aliphatic heterocycles. The van der Waals surface area contributed by atoms with Gasteiger partial charge in [0, 0.05) is 43.0 Å². The van der Waals surface area contributed by atoms with Crippen LogP contribution < -0.4 is 26.8 Å². The summed E-state index contributed by atoms with van der Waals surface area (Å²) in [6.45, 7) is 9.07. The van der Waals surface area contributed by atoms with Crippen molar-refractivity contribution in [2.75, 3.05) is 35.7 Å². The summed E-state index contributed by atoms with van der Waals surface area (Å²) in [5, 5.41) is 0. The highest BCUT2D eigenvalue weighted by atomic mass is 16.2. The number of unbranched alkanes of at least 4 members (excludes halogenated alkanes) is 1. The molecule has 33 heavy (non-hydrogen) atoms. The number of ketones is 1. The molecule has 1 aromatic carbocycles. The van der Waals surface area contributed by atoms with Crippen molar-refractivity contribution in [3.63, 3.8) is 0 Å². The van der Waals surface area contributed by atoms with Crippen molar-refractivity contribution in [3.05, 3.63) is 62.4 Å². The minimum absolute atomic E-state index is 0.00311. The zero-order chi connectivity index (χ0) is 24.3. The molecule has 2 heterocycles. The van der Waals surface area contributed by atoms with Gasteiger partial charge in [0.05, 0.1) is 6.54 Å². The van der Waals surface area contributed by atoms with Crippen LogP contribution in [0.5, 0.6) is 0 Å². The third-order valence-electron chi connectivity index (χ3n) is 6.34. The molecule has 0 aliphatic carbocycles. The molecule has 0 radical (unpaired) electrons. The van der Waals surface area contributed by atoms with Gasteiger partial charge in [0.15, 0.2) is 5.78 Å². The topological polar surface area (TPSA) is 104 Å². The first-order valence-corrected chi connectivity index (χ1v) is 11.6. The molecular formula is C25H35N5O3. The maximum Gasteiger partial charge on any atom is 0.330 e. The summed E-state index contributed by atoms with van der Waals surface area (Å²) in [7, 11) is 1.96. The molecule has 0 saturated heterocycles. The number of aromatic amines is 1. The van der Waals surface area contributed by atoms with Gasteiger partial charge >= 0.3 is 5.69 Å². The summed E-state index contributed by atoms with van der Waals surface area (Å²) in [5.41, 5.74) is 8.21. The Balaban J connectivity index is 1.95. The Morgan fingerprint density at radius 1 is 1.18 bits per heavy atom. The number of H-pyrrole nitrogens is 1. The fraction of sp³-hybridized carbons (Fsp3) is 0.480. The number of benzene rings is 1. The third kappa shape index (κ3) is 4.60. The predicted octanol–water partition coefficient (Wildman–Crippen LogP) is 3.02. The molecule has 0 saturated carbocycles. The Hall–Kier alpha value is -3.29. The van der Waals surface area contributed by atoms with E-state index in [-0.39, 0.29) is 29.2 Å². The van der Waals surface area contributed by atoms with E-state index < -0.39 is 11.2 Å². The summed E-state index contributed by atoms with van der Waals surface area (Å²) in [6.07, 6.45) is 4.03. The summed E-state index contributed by atoms with van der Waals surface area (Å²) in [6, 6.07) is 8.12. The van der Waals surface area contributed by atoms with Gasteiger partial charge in [-0.05, 0) is 24.5 Å². The first kappa shape index (κ1) is 24.4. The van der Waals surface area contributed by atoms with E-state index in [4.69, 9.17) is 5.73 Å². The first-order chi connectivity index (χ1) is 15.6. The standard InChI is InChI=1S/C25H35N5O3/c1-6-8-14-30-22(26)21(23(32)27-24(30)33)29(13-7-2)16-17(31)15-20-25(3,4)18-11-9-10-12-19(18)28(20)5/h9-12,15H,6-8,13-14,16,26H2,1-5H3,(H,27,32,33). The molecule has 178 valence electrons. The molecule has 3 N–H and O–H groups in total. The van der Waals surface area contributed by atoms with Gasteiger partial charge in [-0.25, -0.2) is 4.79 Å². The number of hydrogen-bond acceptors (Lipinski definition) is 6. The SMILES string of the molecule is CCCCn1c(N)c(N(CCC)CC(=O)C=C2N(C)c3ccccc3C2(C)C)c(=O)[nH]c1=O. The van der Waals surface area contributed by atoms with E-state index in [9.17, 15) is 14.4 Å². The Kier molecular flexibility index (Phi) is 7.15. The molecule has 2 aromatic rings. The Bertz CT molecular complexity index is 1180.